The van der Waals surface area contributed by atoms with Gasteiger partial charge in [-0.2, -0.15) is 0 Å². The van der Waals surface area contributed by atoms with Crippen LogP contribution in [0.5, 0.6) is 23.0 Å². The molecule has 0 atom stereocenters. The number of rotatable bonds is 3. The zero-order valence-electron chi connectivity index (χ0n) is 17.0. The molecular formula is C25H18BrNO5. The molecule has 0 aliphatic carbocycles. The van der Waals surface area contributed by atoms with Crippen LogP contribution in [0.1, 0.15) is 27.0 Å². The van der Waals surface area contributed by atoms with Crippen molar-refractivity contribution in [3.05, 3.63) is 87.1 Å². The molecule has 160 valence electrons. The highest BCUT2D eigenvalue weighted by molar-refractivity contribution is 9.10. The quantitative estimate of drug-likeness (QED) is 0.472. The number of ketones is 1. The van der Waals surface area contributed by atoms with Crippen LogP contribution in [0.25, 0.3) is 6.08 Å². The summed E-state index contributed by atoms with van der Waals surface area (Å²) < 4.78 is 23.9. The Bertz CT molecular complexity index is 1290. The fourth-order valence-electron chi connectivity index (χ4n) is 4.14. The first-order valence-electron chi connectivity index (χ1n) is 10.2. The molecule has 0 amide bonds. The van der Waals surface area contributed by atoms with E-state index < -0.39 is 0 Å². The van der Waals surface area contributed by atoms with Gasteiger partial charge in [0.15, 0.2) is 17.3 Å². The van der Waals surface area contributed by atoms with Crippen molar-refractivity contribution < 1.29 is 23.7 Å². The molecule has 0 bridgehead atoms. The van der Waals surface area contributed by atoms with Gasteiger partial charge in [-0.1, -0.05) is 40.2 Å². The number of fused-ring (bicyclic) bond motifs is 4. The molecule has 3 aromatic carbocycles. The number of halogens is 1. The zero-order chi connectivity index (χ0) is 21.7. The second-order valence-corrected chi connectivity index (χ2v) is 8.68. The van der Waals surface area contributed by atoms with Gasteiger partial charge in [-0.05, 0) is 47.5 Å². The van der Waals surface area contributed by atoms with Crippen molar-refractivity contribution in [2.75, 3.05) is 13.5 Å². The van der Waals surface area contributed by atoms with Crippen LogP contribution in [-0.4, -0.2) is 24.2 Å². The maximum absolute atomic E-state index is 13.0. The van der Waals surface area contributed by atoms with Crippen molar-refractivity contribution in [2.45, 2.75) is 13.1 Å². The monoisotopic (exact) mass is 491 g/mol. The Balaban J connectivity index is 1.27. The van der Waals surface area contributed by atoms with E-state index >= 15 is 0 Å². The van der Waals surface area contributed by atoms with Crippen LogP contribution < -0.4 is 18.9 Å². The van der Waals surface area contributed by atoms with Gasteiger partial charge in [-0.3, -0.25) is 9.69 Å². The number of ether oxygens (including phenoxy) is 4. The summed E-state index contributed by atoms with van der Waals surface area (Å²) in [6.07, 6.45) is 1.77. The predicted molar refractivity (Wildman–Crippen MR) is 121 cm³/mol. The normalized spacial score (nSPS) is 17.7. The van der Waals surface area contributed by atoms with Gasteiger partial charge in [0.1, 0.15) is 18.2 Å². The van der Waals surface area contributed by atoms with Gasteiger partial charge in [0, 0.05) is 17.6 Å². The number of hydrogen-bond acceptors (Lipinski definition) is 6. The summed E-state index contributed by atoms with van der Waals surface area (Å²) in [6, 6.07) is 17.3. The number of allylic oxidation sites excluding steroid dienone is 1. The maximum Gasteiger partial charge on any atom is 0.231 e. The highest BCUT2D eigenvalue weighted by Gasteiger charge is 2.33. The van der Waals surface area contributed by atoms with Crippen LogP contribution in [0.3, 0.4) is 0 Å². The molecule has 7 heteroatoms. The van der Waals surface area contributed by atoms with Crippen LogP contribution in [0.15, 0.2) is 64.8 Å². The second-order valence-electron chi connectivity index (χ2n) is 7.83. The van der Waals surface area contributed by atoms with Crippen LogP contribution >= 0.6 is 15.9 Å². The summed E-state index contributed by atoms with van der Waals surface area (Å²) in [5.41, 5.74) is 3.44. The van der Waals surface area contributed by atoms with Gasteiger partial charge in [0.05, 0.1) is 11.1 Å². The molecule has 3 aromatic rings. The van der Waals surface area contributed by atoms with E-state index in [1.165, 1.54) is 0 Å². The van der Waals surface area contributed by atoms with Crippen molar-refractivity contribution in [1.29, 1.82) is 0 Å². The average Bonchev–Trinajstić information content (AvgIpc) is 3.40. The molecule has 0 saturated carbocycles. The first kappa shape index (κ1) is 19.4. The Morgan fingerprint density at radius 3 is 2.72 bits per heavy atom. The zero-order valence-corrected chi connectivity index (χ0v) is 18.6. The smallest absolute Gasteiger partial charge is 0.231 e. The standard InChI is InChI=1S/C25H18BrNO5/c26-19-4-2-1-3-16(19)10-23-24(28)17-6-8-20-18(25(17)32-23)12-27(13-29-20)11-15-5-7-21-22(9-15)31-14-30-21/h1-10H,11-14H2/b23-10-. The lowest BCUT2D eigenvalue weighted by atomic mass is 10.0. The molecule has 0 fully saturated rings. The van der Waals surface area contributed by atoms with Crippen LogP contribution in [0, 0.1) is 0 Å². The van der Waals surface area contributed by atoms with Gasteiger partial charge in [-0.15, -0.1) is 0 Å². The number of hydrogen-bond donors (Lipinski definition) is 0. The summed E-state index contributed by atoms with van der Waals surface area (Å²) in [7, 11) is 0. The summed E-state index contributed by atoms with van der Waals surface area (Å²) >= 11 is 3.52. The summed E-state index contributed by atoms with van der Waals surface area (Å²) in [4.78, 5) is 15.1. The molecule has 32 heavy (non-hydrogen) atoms. The minimum absolute atomic E-state index is 0.119. The second kappa shape index (κ2) is 7.69. The van der Waals surface area contributed by atoms with Crippen molar-refractivity contribution >= 4 is 27.8 Å². The van der Waals surface area contributed by atoms with E-state index in [9.17, 15) is 4.79 Å². The van der Waals surface area contributed by atoms with Crippen molar-refractivity contribution in [3.8, 4) is 23.0 Å². The highest BCUT2D eigenvalue weighted by Crippen LogP contribution is 2.42. The average molecular weight is 492 g/mol. The molecule has 0 aromatic heterocycles. The Morgan fingerprint density at radius 1 is 0.969 bits per heavy atom. The van der Waals surface area contributed by atoms with Crippen molar-refractivity contribution in [2.24, 2.45) is 0 Å². The topological polar surface area (TPSA) is 57.2 Å². The lowest BCUT2D eigenvalue weighted by Gasteiger charge is -2.29. The largest absolute Gasteiger partial charge is 0.478 e. The molecule has 0 saturated heterocycles. The third-order valence-corrected chi connectivity index (χ3v) is 6.44. The van der Waals surface area contributed by atoms with Crippen LogP contribution in [0.2, 0.25) is 0 Å². The molecule has 0 N–H and O–H groups in total. The molecule has 0 radical (unpaired) electrons. The molecule has 0 spiro atoms. The molecule has 3 aliphatic heterocycles. The van der Waals surface area contributed by atoms with Gasteiger partial charge in [0.2, 0.25) is 12.6 Å². The Kier molecular flexibility index (Phi) is 4.66. The first-order valence-corrected chi connectivity index (χ1v) is 11.0. The molecule has 0 unspecified atom stereocenters. The fraction of sp³-hybridized carbons (Fsp3) is 0.160. The number of nitrogens with zero attached hydrogens (tertiary/aromatic N) is 1. The SMILES string of the molecule is O=C1/C(=C/c2ccccc2Br)Oc2c1ccc1c2CN(Cc2ccc3c(c2)OCO3)CO1. The fourth-order valence-corrected chi connectivity index (χ4v) is 4.54. The van der Waals surface area contributed by atoms with Crippen LogP contribution in [-0.2, 0) is 13.1 Å². The third-order valence-electron chi connectivity index (χ3n) is 5.72. The van der Waals surface area contributed by atoms with Gasteiger partial charge in [0.25, 0.3) is 0 Å². The number of Topliss-reactive ketones (excluding diaryl/α,β-unsaturated/α-hetero) is 1. The van der Waals surface area contributed by atoms with E-state index in [-0.39, 0.29) is 12.6 Å². The lowest BCUT2D eigenvalue weighted by molar-refractivity contribution is 0.0872. The number of carbonyl (C=O) groups is 1. The Labute approximate surface area is 193 Å². The Hall–Kier alpha value is -3.29. The molecule has 6 rings (SSSR count). The maximum atomic E-state index is 13.0. The number of carbonyl (C=O) groups excluding carboxylic acids is 1. The Morgan fingerprint density at radius 2 is 1.81 bits per heavy atom. The summed E-state index contributed by atoms with van der Waals surface area (Å²) in [5, 5.41) is 0. The predicted octanol–water partition coefficient (Wildman–Crippen LogP) is 5.15. The van der Waals surface area contributed by atoms with Gasteiger partial charge in [-0.25, -0.2) is 0 Å². The van der Waals surface area contributed by atoms with E-state index in [1.54, 1.807) is 12.1 Å². The third kappa shape index (κ3) is 3.34. The van der Waals surface area contributed by atoms with E-state index in [0.717, 1.165) is 38.4 Å². The van der Waals surface area contributed by atoms with Crippen molar-refractivity contribution in [3.63, 3.8) is 0 Å². The minimum Gasteiger partial charge on any atom is -0.478 e. The minimum atomic E-state index is -0.119. The lowest BCUT2D eigenvalue weighted by Crippen LogP contribution is -2.31. The van der Waals surface area contributed by atoms with E-state index in [0.29, 0.717) is 36.9 Å². The summed E-state index contributed by atoms with van der Waals surface area (Å²) in [6.45, 7) is 2.00. The van der Waals surface area contributed by atoms with E-state index in [4.69, 9.17) is 18.9 Å². The highest BCUT2D eigenvalue weighted by atomic mass is 79.9. The molecule has 6 nitrogen and oxygen atoms in total. The molecule has 3 aliphatic rings. The van der Waals surface area contributed by atoms with Gasteiger partial charge < -0.3 is 18.9 Å². The van der Waals surface area contributed by atoms with E-state index in [2.05, 4.69) is 20.8 Å². The summed E-state index contributed by atoms with van der Waals surface area (Å²) in [5.74, 6) is 3.06. The first-order chi connectivity index (χ1) is 15.7. The molecular weight excluding hydrogens is 474 g/mol. The van der Waals surface area contributed by atoms with Crippen molar-refractivity contribution in [1.82, 2.24) is 4.90 Å². The number of benzene rings is 3. The van der Waals surface area contributed by atoms with Gasteiger partial charge >= 0.3 is 0 Å². The van der Waals surface area contributed by atoms with Crippen LogP contribution in [0.4, 0.5) is 0 Å². The van der Waals surface area contributed by atoms with E-state index in [1.807, 2.05) is 48.5 Å². The molecule has 3 heterocycles.